The Morgan fingerprint density at radius 1 is 0.553 bits per heavy atom. The summed E-state index contributed by atoms with van der Waals surface area (Å²) in [7, 11) is 0. The van der Waals surface area contributed by atoms with E-state index in [1.807, 2.05) is 111 Å². The van der Waals surface area contributed by atoms with Crippen LogP contribution in [0, 0.1) is 13.8 Å². The molecule has 0 bridgehead atoms. The Kier molecular flexibility index (Phi) is 5.77. The zero-order valence-corrected chi connectivity index (χ0v) is 21.1. The maximum absolute atomic E-state index is 13.1. The Hall–Kier alpha value is -5.10. The smallest absolute Gasteiger partial charge is 0.307 e. The lowest BCUT2D eigenvalue weighted by molar-refractivity contribution is 0.253. The number of carbonyl (C=O) groups is 2. The third kappa shape index (κ3) is 4.44. The predicted molar refractivity (Wildman–Crippen MR) is 154 cm³/mol. The molecule has 2 N–H and O–H groups in total. The molecule has 0 aliphatic rings. The van der Waals surface area contributed by atoms with Crippen LogP contribution in [0.1, 0.15) is 11.1 Å². The highest BCUT2D eigenvalue weighted by Crippen LogP contribution is 2.29. The van der Waals surface area contributed by atoms with Crippen molar-refractivity contribution in [2.75, 3.05) is 10.6 Å². The number of rotatable bonds is 3. The fraction of sp³-hybridized carbons (Fsp3) is 0.0625. The zero-order valence-electron chi connectivity index (χ0n) is 21.1. The summed E-state index contributed by atoms with van der Waals surface area (Å²) in [5, 5.41) is 7.89. The van der Waals surface area contributed by atoms with Gasteiger partial charge in [-0.05, 0) is 84.6 Å². The van der Waals surface area contributed by atoms with Gasteiger partial charge in [0.2, 0.25) is 0 Å². The van der Waals surface area contributed by atoms with Crippen molar-refractivity contribution in [3.8, 4) is 11.1 Å². The van der Waals surface area contributed by atoms with Gasteiger partial charge in [0.15, 0.2) is 0 Å². The van der Waals surface area contributed by atoms with Crippen LogP contribution in [0.15, 0.2) is 109 Å². The molecule has 2 heterocycles. The normalized spacial score (nSPS) is 11.1. The number of benzene rings is 4. The Bertz CT molecular complexity index is 1710. The van der Waals surface area contributed by atoms with E-state index >= 15 is 0 Å². The molecule has 2 amide bonds. The monoisotopic (exact) mass is 498 g/mol. The van der Waals surface area contributed by atoms with E-state index in [-0.39, 0.29) is 12.1 Å². The van der Waals surface area contributed by atoms with E-state index in [1.165, 1.54) is 0 Å². The number of aromatic nitrogens is 2. The van der Waals surface area contributed by atoms with Crippen LogP contribution in [-0.4, -0.2) is 21.2 Å². The maximum Gasteiger partial charge on any atom is 0.330 e. The van der Waals surface area contributed by atoms with E-state index in [0.29, 0.717) is 0 Å². The van der Waals surface area contributed by atoms with E-state index in [1.54, 1.807) is 21.5 Å². The standard InChI is InChI=1S/C32H26N4O2/c1-21-5-3-7-27(17-21)33-31(37)35-15-13-23-9-11-25(19-29(23)35)26-12-10-24-14-16-36(30(24)20-26)32(38)34-28-8-4-6-22(2)18-28/h3-20H,1-2H3,(H,33,37)(H,34,38). The molecular weight excluding hydrogens is 472 g/mol. The third-order valence-corrected chi connectivity index (χ3v) is 6.70. The van der Waals surface area contributed by atoms with Gasteiger partial charge in [-0.25, -0.2) is 9.59 Å². The number of hydrogen-bond acceptors (Lipinski definition) is 2. The van der Waals surface area contributed by atoms with Gasteiger partial charge in [-0.3, -0.25) is 9.13 Å². The largest absolute Gasteiger partial charge is 0.330 e. The second kappa shape index (κ2) is 9.41. The topological polar surface area (TPSA) is 68.1 Å². The quantitative estimate of drug-likeness (QED) is 0.259. The number of hydrogen-bond donors (Lipinski definition) is 2. The number of nitrogens with one attached hydrogen (secondary N) is 2. The summed E-state index contributed by atoms with van der Waals surface area (Å²) >= 11 is 0. The number of amides is 2. The fourth-order valence-electron chi connectivity index (χ4n) is 4.78. The Balaban J connectivity index is 1.32. The molecule has 186 valence electrons. The third-order valence-electron chi connectivity index (χ3n) is 6.70. The minimum absolute atomic E-state index is 0.222. The highest BCUT2D eigenvalue weighted by atomic mass is 16.2. The predicted octanol–water partition coefficient (Wildman–Crippen LogP) is 8.04. The summed E-state index contributed by atoms with van der Waals surface area (Å²) < 4.78 is 3.25. The minimum Gasteiger partial charge on any atom is -0.307 e. The molecule has 0 aliphatic heterocycles. The lowest BCUT2D eigenvalue weighted by atomic mass is 10.0. The molecule has 6 rings (SSSR count). The summed E-state index contributed by atoms with van der Waals surface area (Å²) in [6.45, 7) is 3.99. The van der Waals surface area contributed by atoms with Crippen LogP contribution in [0.4, 0.5) is 21.0 Å². The molecule has 6 heteroatoms. The van der Waals surface area contributed by atoms with E-state index in [2.05, 4.69) is 10.6 Å². The van der Waals surface area contributed by atoms with Crippen LogP contribution in [-0.2, 0) is 0 Å². The lowest BCUT2D eigenvalue weighted by Crippen LogP contribution is -2.18. The minimum atomic E-state index is -0.222. The van der Waals surface area contributed by atoms with Crippen LogP contribution >= 0.6 is 0 Å². The number of carbonyl (C=O) groups excluding carboxylic acids is 2. The summed E-state index contributed by atoms with van der Waals surface area (Å²) in [4.78, 5) is 26.2. The Labute approximate surface area is 220 Å². The summed E-state index contributed by atoms with van der Waals surface area (Å²) in [6, 6.07) is 31.0. The molecule has 0 saturated heterocycles. The van der Waals surface area contributed by atoms with Gasteiger partial charge in [0.25, 0.3) is 0 Å². The number of anilines is 2. The molecule has 6 nitrogen and oxygen atoms in total. The van der Waals surface area contributed by atoms with E-state index < -0.39 is 0 Å². The molecule has 0 spiro atoms. The first kappa shape index (κ1) is 23.3. The molecule has 2 aromatic heterocycles. The first-order chi connectivity index (χ1) is 18.4. The van der Waals surface area contributed by atoms with Gasteiger partial charge < -0.3 is 10.6 Å². The SMILES string of the molecule is Cc1cccc(NC(=O)n2ccc3ccc(-c4ccc5ccn(C(=O)Nc6cccc(C)c6)c5c4)cc32)c1. The van der Waals surface area contributed by atoms with Crippen molar-refractivity contribution < 1.29 is 9.59 Å². The number of aryl methyl sites for hydroxylation is 2. The molecular formula is C32H26N4O2. The van der Waals surface area contributed by atoms with Crippen molar-refractivity contribution in [2.45, 2.75) is 13.8 Å². The van der Waals surface area contributed by atoms with Gasteiger partial charge in [0.1, 0.15) is 0 Å². The number of fused-ring (bicyclic) bond motifs is 2. The number of nitrogens with zero attached hydrogens (tertiary/aromatic N) is 2. The second-order valence-electron chi connectivity index (χ2n) is 9.52. The first-order valence-electron chi connectivity index (χ1n) is 12.4. The summed E-state index contributed by atoms with van der Waals surface area (Å²) in [5.74, 6) is 0. The summed E-state index contributed by atoms with van der Waals surface area (Å²) in [5.41, 5.74) is 7.18. The fourth-order valence-corrected chi connectivity index (χ4v) is 4.78. The van der Waals surface area contributed by atoms with Gasteiger partial charge in [0, 0.05) is 34.5 Å². The van der Waals surface area contributed by atoms with Crippen molar-refractivity contribution in [3.05, 3.63) is 121 Å². The van der Waals surface area contributed by atoms with Crippen LogP contribution in [0.5, 0.6) is 0 Å². The average molecular weight is 499 g/mol. The molecule has 0 unspecified atom stereocenters. The highest BCUT2D eigenvalue weighted by Gasteiger charge is 2.13. The van der Waals surface area contributed by atoms with Crippen molar-refractivity contribution in [3.63, 3.8) is 0 Å². The van der Waals surface area contributed by atoms with Gasteiger partial charge in [-0.15, -0.1) is 0 Å². The van der Waals surface area contributed by atoms with Crippen LogP contribution in [0.25, 0.3) is 32.9 Å². The van der Waals surface area contributed by atoms with Crippen molar-refractivity contribution in [1.82, 2.24) is 9.13 Å². The molecule has 0 fully saturated rings. The van der Waals surface area contributed by atoms with Crippen molar-refractivity contribution >= 4 is 45.2 Å². The van der Waals surface area contributed by atoms with Gasteiger partial charge >= 0.3 is 12.1 Å². The molecule has 0 aliphatic carbocycles. The Morgan fingerprint density at radius 3 is 1.42 bits per heavy atom. The van der Waals surface area contributed by atoms with E-state index in [0.717, 1.165) is 55.4 Å². The lowest BCUT2D eigenvalue weighted by Gasteiger charge is -2.10. The summed E-state index contributed by atoms with van der Waals surface area (Å²) in [6.07, 6.45) is 3.56. The first-order valence-corrected chi connectivity index (χ1v) is 12.4. The van der Waals surface area contributed by atoms with Crippen LogP contribution in [0.3, 0.4) is 0 Å². The van der Waals surface area contributed by atoms with Gasteiger partial charge in [-0.1, -0.05) is 48.5 Å². The van der Waals surface area contributed by atoms with Crippen LogP contribution in [0.2, 0.25) is 0 Å². The van der Waals surface area contributed by atoms with Crippen molar-refractivity contribution in [2.24, 2.45) is 0 Å². The molecule has 38 heavy (non-hydrogen) atoms. The van der Waals surface area contributed by atoms with Crippen LogP contribution < -0.4 is 10.6 Å². The molecule has 0 atom stereocenters. The van der Waals surface area contributed by atoms with Gasteiger partial charge in [-0.2, -0.15) is 0 Å². The maximum atomic E-state index is 13.1. The average Bonchev–Trinajstić information content (AvgIpc) is 3.52. The molecule has 6 aromatic rings. The Morgan fingerprint density at radius 2 is 1.00 bits per heavy atom. The van der Waals surface area contributed by atoms with Crippen molar-refractivity contribution in [1.29, 1.82) is 0 Å². The zero-order chi connectivity index (χ0) is 26.2. The molecule has 4 aromatic carbocycles. The second-order valence-corrected chi connectivity index (χ2v) is 9.52. The highest BCUT2D eigenvalue weighted by molar-refractivity contribution is 6.01. The van der Waals surface area contributed by atoms with Gasteiger partial charge in [0.05, 0.1) is 11.0 Å². The van der Waals surface area contributed by atoms with E-state index in [4.69, 9.17) is 0 Å². The molecule has 0 radical (unpaired) electrons. The van der Waals surface area contributed by atoms with E-state index in [9.17, 15) is 9.59 Å². The molecule has 0 saturated carbocycles.